The van der Waals surface area contributed by atoms with E-state index >= 15 is 0 Å². The molecule has 0 heterocycles. The van der Waals surface area contributed by atoms with Crippen LogP contribution in [0.15, 0.2) is 0 Å². The van der Waals surface area contributed by atoms with Crippen LogP contribution in [0.1, 0.15) is 26.7 Å². The molecule has 0 bridgehead atoms. The van der Waals surface area contributed by atoms with Crippen molar-refractivity contribution in [3.8, 4) is 0 Å². The van der Waals surface area contributed by atoms with Crippen LogP contribution in [-0.4, -0.2) is 25.7 Å². The lowest BCUT2D eigenvalue weighted by Gasteiger charge is -2.15. The smallest absolute Gasteiger partial charge is 0.310 e. The molecule has 0 radical (unpaired) electrons. The van der Waals surface area contributed by atoms with Crippen molar-refractivity contribution in [3.05, 3.63) is 0 Å². The van der Waals surface area contributed by atoms with Gasteiger partial charge in [0.25, 0.3) is 0 Å². The zero-order valence-electron chi connectivity index (χ0n) is 7.78. The molecule has 1 atom stereocenters. The highest BCUT2D eigenvalue weighted by Crippen LogP contribution is 2.46. The van der Waals surface area contributed by atoms with Gasteiger partial charge in [0.05, 0.1) is 17.3 Å². The number of carbonyl (C=O) groups excluding carboxylic acids is 1. The third kappa shape index (κ3) is 1.85. The van der Waals surface area contributed by atoms with E-state index in [1.54, 1.807) is 13.8 Å². The molecule has 0 saturated heterocycles. The Kier molecular flexibility index (Phi) is 2.95. The highest BCUT2D eigenvalue weighted by atomic mass is 32.2. The number of ether oxygens (including phenoxy) is 1. The number of carbonyl (C=O) groups is 1. The summed E-state index contributed by atoms with van der Waals surface area (Å²) >= 11 is 0. The average Bonchev–Trinajstić information content (AvgIpc) is 2.83. The van der Waals surface area contributed by atoms with Gasteiger partial charge in [-0.2, -0.15) is 0 Å². The van der Waals surface area contributed by atoms with Gasteiger partial charge in [0.15, 0.2) is 0 Å². The van der Waals surface area contributed by atoms with Gasteiger partial charge >= 0.3 is 5.97 Å². The van der Waals surface area contributed by atoms with E-state index in [9.17, 15) is 13.2 Å². The van der Waals surface area contributed by atoms with E-state index in [0.29, 0.717) is 19.4 Å². The van der Waals surface area contributed by atoms with Crippen molar-refractivity contribution in [2.24, 2.45) is 5.92 Å². The zero-order chi connectivity index (χ0) is 10.1. The maximum atomic E-state index is 11.2. The number of thiol groups is 1. The van der Waals surface area contributed by atoms with Crippen molar-refractivity contribution in [2.75, 3.05) is 6.61 Å². The van der Waals surface area contributed by atoms with Gasteiger partial charge < -0.3 is 4.74 Å². The summed E-state index contributed by atoms with van der Waals surface area (Å²) in [5, 5.41) is 0. The molecule has 0 aliphatic heterocycles. The second-order valence-electron chi connectivity index (χ2n) is 3.33. The summed E-state index contributed by atoms with van der Waals surface area (Å²) in [5.41, 5.74) is 0. The van der Waals surface area contributed by atoms with Crippen LogP contribution in [0.4, 0.5) is 0 Å². The maximum absolute atomic E-state index is 11.2. The maximum Gasteiger partial charge on any atom is 0.310 e. The summed E-state index contributed by atoms with van der Waals surface area (Å²) in [5.74, 6) is -0.923. The third-order valence-corrected chi connectivity index (χ3v) is 4.13. The van der Waals surface area contributed by atoms with E-state index in [2.05, 4.69) is 0 Å². The first-order valence-corrected chi connectivity index (χ1v) is 5.53. The van der Waals surface area contributed by atoms with Crippen molar-refractivity contribution in [2.45, 2.75) is 31.4 Å². The average molecular weight is 206 g/mol. The number of hydrogen-bond donors (Lipinski definition) is 1. The minimum absolute atomic E-state index is 0.300. The lowest BCUT2D eigenvalue weighted by Crippen LogP contribution is -2.30. The van der Waals surface area contributed by atoms with Gasteiger partial charge in [0.1, 0.15) is 10.7 Å². The SMILES string of the molecule is CCOC(=O)C(C)C1([SH](=O)=O)CC1. The predicted octanol–water partition coefficient (Wildman–Crippen LogP) is 0.330. The fourth-order valence-electron chi connectivity index (χ4n) is 1.39. The van der Waals surface area contributed by atoms with Crippen molar-refractivity contribution in [1.82, 2.24) is 0 Å². The second-order valence-corrected chi connectivity index (χ2v) is 4.74. The Morgan fingerprint density at radius 3 is 2.38 bits per heavy atom. The minimum atomic E-state index is -2.52. The standard InChI is InChI=1S/C8H14O4S/c1-3-12-7(9)6(2)8(4-5-8)13(10)11/h6,13H,3-5H2,1-2H3. The van der Waals surface area contributed by atoms with Gasteiger partial charge in [-0.1, -0.05) is 6.92 Å². The highest BCUT2D eigenvalue weighted by Gasteiger charge is 2.54. The van der Waals surface area contributed by atoms with Crippen LogP contribution < -0.4 is 0 Å². The summed E-state index contributed by atoms with van der Waals surface area (Å²) in [6.45, 7) is 3.63. The Morgan fingerprint density at radius 1 is 1.54 bits per heavy atom. The molecule has 13 heavy (non-hydrogen) atoms. The monoisotopic (exact) mass is 206 g/mol. The normalized spacial score (nSPS) is 21.2. The fourth-order valence-corrected chi connectivity index (χ4v) is 2.29. The quantitative estimate of drug-likeness (QED) is 0.532. The lowest BCUT2D eigenvalue weighted by atomic mass is 10.1. The molecule has 1 saturated carbocycles. The Morgan fingerprint density at radius 2 is 2.08 bits per heavy atom. The number of esters is 1. The van der Waals surface area contributed by atoms with Gasteiger partial charge in [-0.05, 0) is 19.8 Å². The molecule has 1 aliphatic rings. The molecule has 0 N–H and O–H groups in total. The Bertz CT molecular complexity index is 270. The molecule has 5 heteroatoms. The molecule has 76 valence electrons. The summed E-state index contributed by atoms with van der Waals surface area (Å²) in [6, 6.07) is 0. The molecule has 0 aromatic carbocycles. The van der Waals surface area contributed by atoms with E-state index in [1.165, 1.54) is 0 Å². The zero-order valence-corrected chi connectivity index (χ0v) is 8.67. The minimum Gasteiger partial charge on any atom is -0.466 e. The van der Waals surface area contributed by atoms with Crippen LogP contribution in [0.25, 0.3) is 0 Å². The van der Waals surface area contributed by atoms with Crippen molar-refractivity contribution >= 4 is 16.7 Å². The first-order chi connectivity index (χ1) is 6.04. The molecule has 0 spiro atoms. The van der Waals surface area contributed by atoms with Gasteiger partial charge in [0.2, 0.25) is 0 Å². The van der Waals surface area contributed by atoms with Gasteiger partial charge in [-0.15, -0.1) is 0 Å². The molecule has 0 aromatic heterocycles. The van der Waals surface area contributed by atoms with E-state index in [-0.39, 0.29) is 0 Å². The molecule has 1 rings (SSSR count). The van der Waals surface area contributed by atoms with Crippen LogP contribution in [0.3, 0.4) is 0 Å². The van der Waals surface area contributed by atoms with Crippen molar-refractivity contribution in [3.63, 3.8) is 0 Å². The summed E-state index contributed by atoms with van der Waals surface area (Å²) < 4.78 is 25.7. The van der Waals surface area contributed by atoms with E-state index in [0.717, 1.165) is 0 Å². The molecular weight excluding hydrogens is 192 g/mol. The fraction of sp³-hybridized carbons (Fsp3) is 0.875. The van der Waals surface area contributed by atoms with Gasteiger partial charge in [0, 0.05) is 0 Å². The van der Waals surface area contributed by atoms with E-state index in [1.807, 2.05) is 0 Å². The molecular formula is C8H14O4S. The predicted molar refractivity (Wildman–Crippen MR) is 48.1 cm³/mol. The van der Waals surface area contributed by atoms with E-state index < -0.39 is 27.3 Å². The van der Waals surface area contributed by atoms with Crippen LogP contribution in [0.2, 0.25) is 0 Å². The Balaban J connectivity index is 2.67. The topological polar surface area (TPSA) is 60.4 Å². The van der Waals surface area contributed by atoms with Crippen LogP contribution in [-0.2, 0) is 20.2 Å². The molecule has 1 aliphatic carbocycles. The largest absolute Gasteiger partial charge is 0.466 e. The highest BCUT2D eigenvalue weighted by molar-refractivity contribution is 7.74. The van der Waals surface area contributed by atoms with Gasteiger partial charge in [-0.3, -0.25) is 4.79 Å². The van der Waals surface area contributed by atoms with Gasteiger partial charge in [-0.25, -0.2) is 8.42 Å². The van der Waals surface area contributed by atoms with Crippen molar-refractivity contribution < 1.29 is 17.9 Å². The van der Waals surface area contributed by atoms with Crippen molar-refractivity contribution in [1.29, 1.82) is 0 Å². The first-order valence-electron chi connectivity index (χ1n) is 4.35. The second kappa shape index (κ2) is 3.65. The Hall–Kier alpha value is -0.580. The molecule has 1 unspecified atom stereocenters. The summed E-state index contributed by atoms with van der Waals surface area (Å²) in [4.78, 5) is 11.2. The molecule has 0 aromatic rings. The van der Waals surface area contributed by atoms with Crippen LogP contribution in [0, 0.1) is 5.92 Å². The Labute approximate surface area is 79.2 Å². The number of rotatable bonds is 4. The summed E-state index contributed by atoms with van der Waals surface area (Å²) in [6.07, 6.45) is 1.18. The summed E-state index contributed by atoms with van der Waals surface area (Å²) in [7, 11) is -2.52. The molecule has 1 fully saturated rings. The first kappa shape index (κ1) is 10.5. The number of hydrogen-bond acceptors (Lipinski definition) is 4. The lowest BCUT2D eigenvalue weighted by molar-refractivity contribution is -0.147. The molecule has 0 amide bonds. The van der Waals surface area contributed by atoms with Crippen LogP contribution >= 0.6 is 0 Å². The van der Waals surface area contributed by atoms with E-state index in [4.69, 9.17) is 4.74 Å². The third-order valence-electron chi connectivity index (χ3n) is 2.57. The van der Waals surface area contributed by atoms with Crippen LogP contribution in [0.5, 0.6) is 0 Å². The molecule has 4 nitrogen and oxygen atoms in total.